The molecular formula is C21H24N2O6S. The largest absolute Gasteiger partial charge is 0.465 e. The van der Waals surface area contributed by atoms with Crippen molar-refractivity contribution < 1.29 is 27.5 Å². The van der Waals surface area contributed by atoms with E-state index in [1.165, 1.54) is 29.5 Å². The number of esters is 2. The van der Waals surface area contributed by atoms with Gasteiger partial charge in [0.2, 0.25) is 10.0 Å². The van der Waals surface area contributed by atoms with Gasteiger partial charge in [-0.25, -0.2) is 22.3 Å². The number of benzene rings is 1. The number of methoxy groups -OCH3 is 2. The molecule has 0 aliphatic carbocycles. The summed E-state index contributed by atoms with van der Waals surface area (Å²) >= 11 is 0. The molecule has 30 heavy (non-hydrogen) atoms. The summed E-state index contributed by atoms with van der Waals surface area (Å²) in [5.74, 6) is -1.46. The Morgan fingerprint density at radius 1 is 0.967 bits per heavy atom. The maximum Gasteiger partial charge on any atom is 0.355 e. The molecule has 9 heteroatoms. The molecule has 0 radical (unpaired) electrons. The Hall–Kier alpha value is -2.91. The smallest absolute Gasteiger partial charge is 0.355 e. The van der Waals surface area contributed by atoms with Crippen molar-refractivity contribution in [2.45, 2.75) is 18.6 Å². The molecule has 160 valence electrons. The minimum absolute atomic E-state index is 0.00629. The third kappa shape index (κ3) is 4.63. The zero-order valence-corrected chi connectivity index (χ0v) is 17.7. The van der Waals surface area contributed by atoms with Crippen molar-refractivity contribution >= 4 is 27.6 Å². The first-order chi connectivity index (χ1) is 14.4. The lowest BCUT2D eigenvalue weighted by atomic mass is 10.1. The molecule has 0 bridgehead atoms. The molecule has 1 fully saturated rings. The molecule has 0 spiro atoms. The van der Waals surface area contributed by atoms with E-state index in [9.17, 15) is 18.0 Å². The number of hydrogen-bond acceptors (Lipinski definition) is 7. The molecule has 0 atom stereocenters. The quantitative estimate of drug-likeness (QED) is 0.636. The second kappa shape index (κ2) is 9.27. The van der Waals surface area contributed by atoms with E-state index in [0.29, 0.717) is 24.3 Å². The van der Waals surface area contributed by atoms with Crippen molar-refractivity contribution in [1.29, 1.82) is 0 Å². The van der Waals surface area contributed by atoms with Gasteiger partial charge in [0.15, 0.2) is 0 Å². The van der Waals surface area contributed by atoms with Crippen LogP contribution in [0.1, 0.15) is 18.4 Å². The van der Waals surface area contributed by atoms with Crippen LogP contribution >= 0.6 is 0 Å². The van der Waals surface area contributed by atoms with Crippen LogP contribution in [-0.4, -0.2) is 52.0 Å². The Bertz CT molecular complexity index is 1000. The fourth-order valence-electron chi connectivity index (χ4n) is 3.39. The first-order valence-electron chi connectivity index (χ1n) is 9.49. The van der Waals surface area contributed by atoms with Crippen LogP contribution in [0.4, 0.5) is 5.69 Å². The summed E-state index contributed by atoms with van der Waals surface area (Å²) in [5, 5.41) is 0. The Balaban J connectivity index is 1.91. The number of ether oxygens (including phenoxy) is 2. The Morgan fingerprint density at radius 2 is 1.60 bits per heavy atom. The average Bonchev–Trinajstić information content (AvgIpc) is 3.21. The van der Waals surface area contributed by atoms with Gasteiger partial charge in [-0.1, -0.05) is 18.2 Å². The van der Waals surface area contributed by atoms with E-state index in [1.807, 2.05) is 0 Å². The number of anilines is 1. The average molecular weight is 432 g/mol. The van der Waals surface area contributed by atoms with Gasteiger partial charge in [-0.3, -0.25) is 0 Å². The summed E-state index contributed by atoms with van der Waals surface area (Å²) in [5.41, 5.74) is 1.26. The molecule has 8 nitrogen and oxygen atoms in total. The SMILES string of the molecule is COC(=O)C1=C(C(=O)OC)N(c2ccc(CS(=O)(=O)N3CCCC3)cc2)C=CC=C1. The van der Waals surface area contributed by atoms with Gasteiger partial charge in [-0.05, 0) is 42.7 Å². The van der Waals surface area contributed by atoms with E-state index >= 15 is 0 Å². The highest BCUT2D eigenvalue weighted by Gasteiger charge is 2.28. The monoisotopic (exact) mass is 432 g/mol. The van der Waals surface area contributed by atoms with Gasteiger partial charge in [0, 0.05) is 25.0 Å². The molecule has 0 saturated carbocycles. The van der Waals surface area contributed by atoms with Crippen molar-refractivity contribution in [2.75, 3.05) is 32.2 Å². The minimum Gasteiger partial charge on any atom is -0.465 e. The molecule has 0 N–H and O–H groups in total. The summed E-state index contributed by atoms with van der Waals surface area (Å²) in [6.45, 7) is 1.13. The van der Waals surface area contributed by atoms with Crippen LogP contribution in [-0.2, 0) is 34.8 Å². The number of nitrogens with zero attached hydrogens (tertiary/aromatic N) is 2. The van der Waals surface area contributed by atoms with Crippen molar-refractivity contribution in [3.05, 3.63) is 65.5 Å². The van der Waals surface area contributed by atoms with Crippen LogP contribution in [0.25, 0.3) is 0 Å². The fraction of sp³-hybridized carbons (Fsp3) is 0.333. The molecule has 0 unspecified atom stereocenters. The van der Waals surface area contributed by atoms with E-state index in [4.69, 9.17) is 9.47 Å². The number of sulfonamides is 1. The highest BCUT2D eigenvalue weighted by Crippen LogP contribution is 2.27. The van der Waals surface area contributed by atoms with Gasteiger partial charge in [-0.2, -0.15) is 0 Å². The zero-order valence-electron chi connectivity index (χ0n) is 16.9. The van der Waals surface area contributed by atoms with Crippen LogP contribution in [0, 0.1) is 0 Å². The van der Waals surface area contributed by atoms with Crippen molar-refractivity contribution in [3.8, 4) is 0 Å². The predicted octanol–water partition coefficient (Wildman–Crippen LogP) is 2.10. The molecule has 0 aromatic heterocycles. The molecule has 2 aliphatic heterocycles. The van der Waals surface area contributed by atoms with Crippen LogP contribution in [0.15, 0.2) is 60.0 Å². The van der Waals surface area contributed by atoms with Gasteiger partial charge < -0.3 is 14.4 Å². The summed E-state index contributed by atoms with van der Waals surface area (Å²) in [4.78, 5) is 26.2. The lowest BCUT2D eigenvalue weighted by molar-refractivity contribution is -0.139. The first-order valence-corrected chi connectivity index (χ1v) is 11.1. The predicted molar refractivity (Wildman–Crippen MR) is 112 cm³/mol. The minimum atomic E-state index is -3.36. The summed E-state index contributed by atoms with van der Waals surface area (Å²) in [7, 11) is -0.895. The maximum atomic E-state index is 12.5. The van der Waals surface area contributed by atoms with Gasteiger partial charge in [0.25, 0.3) is 0 Å². The molecule has 0 amide bonds. The summed E-state index contributed by atoms with van der Waals surface area (Å²) < 4.78 is 36.3. The highest BCUT2D eigenvalue weighted by atomic mass is 32.2. The number of hydrogen-bond donors (Lipinski definition) is 0. The number of rotatable bonds is 6. The van der Waals surface area contributed by atoms with E-state index < -0.39 is 22.0 Å². The lowest BCUT2D eigenvalue weighted by Crippen LogP contribution is -2.29. The highest BCUT2D eigenvalue weighted by molar-refractivity contribution is 7.88. The summed E-state index contributed by atoms with van der Waals surface area (Å²) in [6.07, 6.45) is 8.16. The van der Waals surface area contributed by atoms with Gasteiger partial charge in [-0.15, -0.1) is 0 Å². The van der Waals surface area contributed by atoms with E-state index in [0.717, 1.165) is 12.8 Å². The Labute approximate surface area is 176 Å². The Kier molecular flexibility index (Phi) is 6.73. The maximum absolute atomic E-state index is 12.5. The molecular weight excluding hydrogens is 408 g/mol. The van der Waals surface area contributed by atoms with E-state index in [-0.39, 0.29) is 17.0 Å². The Morgan fingerprint density at radius 3 is 2.20 bits per heavy atom. The van der Waals surface area contributed by atoms with Crippen LogP contribution in [0.5, 0.6) is 0 Å². The topological polar surface area (TPSA) is 93.2 Å². The summed E-state index contributed by atoms with van der Waals surface area (Å²) in [6, 6.07) is 6.79. The van der Waals surface area contributed by atoms with Crippen molar-refractivity contribution in [2.24, 2.45) is 0 Å². The molecule has 1 saturated heterocycles. The normalized spacial score (nSPS) is 17.2. The lowest BCUT2D eigenvalue weighted by Gasteiger charge is -2.23. The van der Waals surface area contributed by atoms with Crippen LogP contribution in [0.2, 0.25) is 0 Å². The second-order valence-corrected chi connectivity index (χ2v) is 8.81. The standard InChI is InChI=1S/C21H24N2O6S/c1-28-20(24)18-7-3-4-14-23(19(18)21(25)29-2)17-10-8-16(9-11-17)15-30(26,27)22-12-5-6-13-22/h3-4,7-11,14H,5-6,12-13,15H2,1-2H3. The van der Waals surface area contributed by atoms with E-state index in [1.54, 1.807) is 42.6 Å². The van der Waals surface area contributed by atoms with Crippen LogP contribution in [0.3, 0.4) is 0 Å². The number of carbonyl (C=O) groups excluding carboxylic acids is 2. The van der Waals surface area contributed by atoms with E-state index in [2.05, 4.69) is 0 Å². The molecule has 2 heterocycles. The fourth-order valence-corrected chi connectivity index (χ4v) is 5.00. The van der Waals surface area contributed by atoms with Crippen LogP contribution < -0.4 is 4.90 Å². The number of allylic oxidation sites excluding steroid dienone is 2. The third-order valence-corrected chi connectivity index (χ3v) is 6.76. The first kappa shape index (κ1) is 21.8. The van der Waals surface area contributed by atoms with Crippen molar-refractivity contribution in [3.63, 3.8) is 0 Å². The molecule has 2 aliphatic rings. The molecule has 1 aromatic carbocycles. The third-order valence-electron chi connectivity index (χ3n) is 4.91. The van der Waals surface area contributed by atoms with Gasteiger partial charge >= 0.3 is 11.9 Å². The van der Waals surface area contributed by atoms with Crippen molar-refractivity contribution in [1.82, 2.24) is 4.31 Å². The molecule has 3 rings (SSSR count). The molecule has 1 aromatic rings. The van der Waals surface area contributed by atoms with Gasteiger partial charge in [0.05, 0.1) is 25.5 Å². The zero-order chi connectivity index (χ0) is 21.7. The van der Waals surface area contributed by atoms with Gasteiger partial charge in [0.1, 0.15) is 5.70 Å². The number of carbonyl (C=O) groups is 2. The second-order valence-electron chi connectivity index (χ2n) is 6.84.